The molecule has 2 aromatic heterocycles. The minimum absolute atomic E-state index is 0.175. The number of amides is 2. The summed E-state index contributed by atoms with van der Waals surface area (Å²) in [4.78, 5) is 22.7. The molecule has 30 heavy (non-hydrogen) atoms. The van der Waals surface area contributed by atoms with E-state index in [1.54, 1.807) is 34.6 Å². The predicted octanol–water partition coefficient (Wildman–Crippen LogP) is 3.89. The van der Waals surface area contributed by atoms with Gasteiger partial charge in [0.15, 0.2) is 0 Å². The summed E-state index contributed by atoms with van der Waals surface area (Å²) in [6.45, 7) is 3.67. The van der Waals surface area contributed by atoms with Crippen LogP contribution in [0.5, 0.6) is 0 Å². The molecule has 0 radical (unpaired) electrons. The Morgan fingerprint density at radius 3 is 2.70 bits per heavy atom. The molecule has 1 aliphatic rings. The smallest absolute Gasteiger partial charge is 0.318 e. The Hall–Kier alpha value is -2.42. The second-order valence-electron chi connectivity index (χ2n) is 7.30. The average molecular weight is 448 g/mol. The van der Waals surface area contributed by atoms with Gasteiger partial charge in [-0.25, -0.2) is 14.2 Å². The van der Waals surface area contributed by atoms with Crippen molar-refractivity contribution in [1.82, 2.24) is 24.7 Å². The van der Waals surface area contributed by atoms with E-state index < -0.39 is 6.04 Å². The molecule has 3 aromatic rings. The van der Waals surface area contributed by atoms with Gasteiger partial charge in [-0.1, -0.05) is 23.7 Å². The van der Waals surface area contributed by atoms with E-state index in [4.69, 9.17) is 11.6 Å². The highest BCUT2D eigenvalue weighted by Crippen LogP contribution is 2.24. The molecule has 3 heterocycles. The molecule has 1 aliphatic heterocycles. The first-order valence-corrected chi connectivity index (χ1v) is 10.9. The summed E-state index contributed by atoms with van der Waals surface area (Å²) in [5.41, 5.74) is 0.658. The van der Waals surface area contributed by atoms with Crippen molar-refractivity contribution < 1.29 is 9.18 Å². The number of aryl methyl sites for hydroxylation is 1. The lowest BCUT2D eigenvalue weighted by molar-refractivity contribution is 0.134. The monoisotopic (exact) mass is 447 g/mol. The van der Waals surface area contributed by atoms with Gasteiger partial charge in [0.05, 0.1) is 4.34 Å². The number of carbonyl (C=O) groups excluding carboxylic acids is 1. The first-order chi connectivity index (χ1) is 14.5. The maximum Gasteiger partial charge on any atom is 0.318 e. The van der Waals surface area contributed by atoms with Crippen molar-refractivity contribution in [1.29, 1.82) is 0 Å². The van der Waals surface area contributed by atoms with E-state index in [1.807, 2.05) is 29.9 Å². The molecule has 0 aliphatic carbocycles. The molecule has 1 atom stereocenters. The number of carbonyl (C=O) groups is 1. The molecule has 158 valence electrons. The zero-order chi connectivity index (χ0) is 21.1. The lowest BCUT2D eigenvalue weighted by atomic mass is 10.1. The van der Waals surface area contributed by atoms with Gasteiger partial charge in [-0.05, 0) is 29.8 Å². The predicted molar refractivity (Wildman–Crippen MR) is 116 cm³/mol. The lowest BCUT2D eigenvalue weighted by Crippen LogP contribution is -2.52. The number of halogens is 2. The molecule has 6 nitrogen and oxygen atoms in total. The molecule has 1 saturated heterocycles. The number of hydrogen-bond donors (Lipinski definition) is 1. The molecule has 1 unspecified atom stereocenters. The van der Waals surface area contributed by atoms with Crippen LogP contribution in [-0.2, 0) is 13.6 Å². The van der Waals surface area contributed by atoms with Gasteiger partial charge in [-0.3, -0.25) is 4.90 Å². The van der Waals surface area contributed by atoms with E-state index in [9.17, 15) is 9.18 Å². The third kappa shape index (κ3) is 4.83. The van der Waals surface area contributed by atoms with Crippen LogP contribution in [0.1, 0.15) is 22.3 Å². The Labute approximate surface area is 183 Å². The van der Waals surface area contributed by atoms with Gasteiger partial charge >= 0.3 is 6.03 Å². The number of urea groups is 1. The van der Waals surface area contributed by atoms with Crippen LogP contribution in [0.2, 0.25) is 4.34 Å². The first kappa shape index (κ1) is 20.8. The summed E-state index contributed by atoms with van der Waals surface area (Å²) in [5.74, 6) is 0.311. The molecule has 2 amide bonds. The van der Waals surface area contributed by atoms with Crippen molar-refractivity contribution in [3.05, 3.63) is 75.2 Å². The largest absolute Gasteiger partial charge is 0.336 e. The molecule has 0 spiro atoms. The van der Waals surface area contributed by atoms with E-state index in [0.29, 0.717) is 24.5 Å². The Bertz CT molecular complexity index is 1010. The fourth-order valence-corrected chi connectivity index (χ4v) is 4.75. The summed E-state index contributed by atoms with van der Waals surface area (Å²) < 4.78 is 16.4. The summed E-state index contributed by atoms with van der Waals surface area (Å²) in [7, 11) is 1.86. The van der Waals surface area contributed by atoms with Gasteiger partial charge < -0.3 is 14.8 Å². The van der Waals surface area contributed by atoms with Crippen LogP contribution >= 0.6 is 22.9 Å². The van der Waals surface area contributed by atoms with Crippen molar-refractivity contribution in [2.75, 3.05) is 26.2 Å². The van der Waals surface area contributed by atoms with Crippen LogP contribution in [-0.4, -0.2) is 51.6 Å². The first-order valence-electron chi connectivity index (χ1n) is 9.74. The van der Waals surface area contributed by atoms with E-state index in [1.165, 1.54) is 17.0 Å². The fourth-order valence-electron chi connectivity index (χ4n) is 3.62. The van der Waals surface area contributed by atoms with Crippen LogP contribution in [0, 0.1) is 5.82 Å². The summed E-state index contributed by atoms with van der Waals surface area (Å²) in [6.07, 6.45) is 3.48. The number of thiophene rings is 1. The van der Waals surface area contributed by atoms with E-state index in [2.05, 4.69) is 15.2 Å². The zero-order valence-electron chi connectivity index (χ0n) is 16.6. The minimum atomic E-state index is -0.528. The maximum absolute atomic E-state index is 13.8. The van der Waals surface area contributed by atoms with E-state index in [-0.39, 0.29) is 11.8 Å². The second kappa shape index (κ2) is 9.16. The van der Waals surface area contributed by atoms with Crippen molar-refractivity contribution in [3.8, 4) is 0 Å². The van der Waals surface area contributed by atoms with Gasteiger partial charge in [0.1, 0.15) is 17.7 Å². The Kier molecular flexibility index (Phi) is 6.36. The quantitative estimate of drug-likeness (QED) is 0.645. The number of benzene rings is 1. The number of hydrogen-bond acceptors (Lipinski definition) is 4. The van der Waals surface area contributed by atoms with Crippen LogP contribution in [0.4, 0.5) is 9.18 Å². The molecule has 9 heteroatoms. The summed E-state index contributed by atoms with van der Waals surface area (Å²) in [5, 5.41) is 3.04. The number of imidazole rings is 1. The molecule has 1 aromatic carbocycles. The SMILES string of the molecule is Cn1ccnc1C(NC(=O)N1CCN(Cc2ccc(Cl)s2)CC1)c1cccc(F)c1. The lowest BCUT2D eigenvalue weighted by Gasteiger charge is -2.35. The number of piperazine rings is 1. The highest BCUT2D eigenvalue weighted by Gasteiger charge is 2.26. The number of nitrogens with one attached hydrogen (secondary N) is 1. The van der Waals surface area contributed by atoms with Crippen LogP contribution < -0.4 is 5.32 Å². The molecule has 0 bridgehead atoms. The van der Waals surface area contributed by atoms with Crippen molar-refractivity contribution in [3.63, 3.8) is 0 Å². The van der Waals surface area contributed by atoms with E-state index >= 15 is 0 Å². The van der Waals surface area contributed by atoms with Crippen molar-refractivity contribution >= 4 is 29.0 Å². The van der Waals surface area contributed by atoms with Gasteiger partial charge in [0.2, 0.25) is 0 Å². The van der Waals surface area contributed by atoms with Gasteiger partial charge in [-0.15, -0.1) is 11.3 Å². The fraction of sp³-hybridized carbons (Fsp3) is 0.333. The third-order valence-corrected chi connectivity index (χ3v) is 6.45. The van der Waals surface area contributed by atoms with Crippen LogP contribution in [0.15, 0.2) is 48.8 Å². The number of rotatable bonds is 5. The molecule has 1 fully saturated rings. The summed E-state index contributed by atoms with van der Waals surface area (Å²) >= 11 is 7.60. The molecule has 4 rings (SSSR count). The normalized spacial score (nSPS) is 15.9. The molecular formula is C21H23ClFN5OS. The zero-order valence-corrected chi connectivity index (χ0v) is 18.2. The Morgan fingerprint density at radius 1 is 1.27 bits per heavy atom. The number of nitrogens with zero attached hydrogens (tertiary/aromatic N) is 4. The Balaban J connectivity index is 1.41. The molecule has 0 saturated carbocycles. The number of aromatic nitrogens is 2. The third-order valence-electron chi connectivity index (χ3n) is 5.23. The van der Waals surface area contributed by atoms with Gasteiger partial charge in [0, 0.05) is 57.0 Å². The van der Waals surface area contributed by atoms with Crippen molar-refractivity contribution in [2.24, 2.45) is 7.05 Å². The maximum atomic E-state index is 13.8. The van der Waals surface area contributed by atoms with Crippen LogP contribution in [0.3, 0.4) is 0 Å². The molecule has 1 N–H and O–H groups in total. The average Bonchev–Trinajstić information content (AvgIpc) is 3.34. The highest BCUT2D eigenvalue weighted by atomic mass is 35.5. The second-order valence-corrected chi connectivity index (χ2v) is 9.10. The Morgan fingerprint density at radius 2 is 2.07 bits per heavy atom. The molecular weight excluding hydrogens is 425 g/mol. The van der Waals surface area contributed by atoms with Crippen molar-refractivity contribution in [2.45, 2.75) is 12.6 Å². The van der Waals surface area contributed by atoms with Crippen LogP contribution in [0.25, 0.3) is 0 Å². The topological polar surface area (TPSA) is 53.4 Å². The van der Waals surface area contributed by atoms with Gasteiger partial charge in [0.25, 0.3) is 0 Å². The summed E-state index contributed by atoms with van der Waals surface area (Å²) in [6, 6.07) is 9.52. The van der Waals surface area contributed by atoms with Gasteiger partial charge in [-0.2, -0.15) is 0 Å². The van der Waals surface area contributed by atoms with E-state index in [0.717, 1.165) is 24.0 Å². The highest BCUT2D eigenvalue weighted by molar-refractivity contribution is 7.16. The minimum Gasteiger partial charge on any atom is -0.336 e. The standard InChI is InChI=1S/C21H23ClFN5OS/c1-26-8-7-24-20(26)19(15-3-2-4-16(23)13-15)25-21(29)28-11-9-27(10-12-28)14-17-5-6-18(22)30-17/h2-8,13,19H,9-12,14H2,1H3,(H,25,29).